The Morgan fingerprint density at radius 3 is 2.52 bits per heavy atom. The Kier molecular flexibility index (Phi) is 5.23. The molecule has 0 aliphatic heterocycles. The minimum atomic E-state index is 0.0399. The van der Waals surface area contributed by atoms with E-state index in [1.165, 1.54) is 0 Å². The summed E-state index contributed by atoms with van der Waals surface area (Å²) in [7, 11) is 0. The third-order valence-corrected chi connectivity index (χ3v) is 3.54. The van der Waals surface area contributed by atoms with Crippen LogP contribution in [0.1, 0.15) is 12.5 Å². The molecule has 0 saturated carbocycles. The van der Waals surface area contributed by atoms with Crippen LogP contribution in [-0.4, -0.2) is 19.0 Å². The van der Waals surface area contributed by atoms with Gasteiger partial charge in [0.2, 0.25) is 5.91 Å². The number of rotatable bonds is 5. The summed E-state index contributed by atoms with van der Waals surface area (Å²) >= 11 is 5.93. The Bertz CT molecular complexity index is 613. The number of aryl methyl sites for hydroxylation is 1. The van der Waals surface area contributed by atoms with Crippen LogP contribution < -0.4 is 10.2 Å². The molecule has 0 atom stereocenters. The van der Waals surface area contributed by atoms with Gasteiger partial charge in [0.25, 0.3) is 0 Å². The van der Waals surface area contributed by atoms with Crippen LogP contribution in [0.2, 0.25) is 5.02 Å². The summed E-state index contributed by atoms with van der Waals surface area (Å²) in [6, 6.07) is 15.3. The van der Waals surface area contributed by atoms with Gasteiger partial charge in [0, 0.05) is 22.9 Å². The molecule has 0 unspecified atom stereocenters. The molecular formula is C17H19ClN2O. The highest BCUT2D eigenvalue weighted by Crippen LogP contribution is 2.20. The predicted molar refractivity (Wildman–Crippen MR) is 89.1 cm³/mol. The van der Waals surface area contributed by atoms with Crippen molar-refractivity contribution in [3.63, 3.8) is 0 Å². The average Bonchev–Trinajstić information content (AvgIpc) is 2.48. The van der Waals surface area contributed by atoms with Crippen LogP contribution >= 0.6 is 11.6 Å². The zero-order valence-corrected chi connectivity index (χ0v) is 13.0. The SMILES string of the molecule is CCN(C(=O)CNc1ccc(Cl)cc1C)c1ccccc1. The maximum Gasteiger partial charge on any atom is 0.246 e. The number of para-hydroxylation sites is 1. The second kappa shape index (κ2) is 7.14. The highest BCUT2D eigenvalue weighted by molar-refractivity contribution is 6.30. The molecular weight excluding hydrogens is 284 g/mol. The minimum absolute atomic E-state index is 0.0399. The summed E-state index contributed by atoms with van der Waals surface area (Å²) in [5.74, 6) is 0.0399. The molecule has 3 nitrogen and oxygen atoms in total. The highest BCUT2D eigenvalue weighted by Gasteiger charge is 2.13. The molecule has 0 spiro atoms. The topological polar surface area (TPSA) is 32.3 Å². The van der Waals surface area contributed by atoms with Crippen molar-refractivity contribution in [2.24, 2.45) is 0 Å². The molecule has 1 N–H and O–H groups in total. The Balaban J connectivity index is 2.03. The Morgan fingerprint density at radius 2 is 1.90 bits per heavy atom. The first-order chi connectivity index (χ1) is 10.1. The maximum absolute atomic E-state index is 12.4. The van der Waals surface area contributed by atoms with Gasteiger partial charge in [-0.1, -0.05) is 29.8 Å². The van der Waals surface area contributed by atoms with Crippen LogP contribution in [0, 0.1) is 6.92 Å². The maximum atomic E-state index is 12.4. The number of carbonyl (C=O) groups is 1. The molecule has 0 aromatic heterocycles. The average molecular weight is 303 g/mol. The molecule has 4 heteroatoms. The number of hydrogen-bond donors (Lipinski definition) is 1. The fourth-order valence-electron chi connectivity index (χ4n) is 2.20. The molecule has 0 fully saturated rings. The van der Waals surface area contributed by atoms with Crippen molar-refractivity contribution in [2.45, 2.75) is 13.8 Å². The third kappa shape index (κ3) is 3.99. The van der Waals surface area contributed by atoms with Crippen molar-refractivity contribution < 1.29 is 4.79 Å². The second-order valence-electron chi connectivity index (χ2n) is 4.79. The van der Waals surface area contributed by atoms with Crippen molar-refractivity contribution in [3.8, 4) is 0 Å². The Labute approximate surface area is 130 Å². The molecule has 0 heterocycles. The monoisotopic (exact) mass is 302 g/mol. The van der Waals surface area contributed by atoms with E-state index >= 15 is 0 Å². The molecule has 0 radical (unpaired) electrons. The number of amides is 1. The molecule has 0 aliphatic rings. The van der Waals surface area contributed by atoms with E-state index in [-0.39, 0.29) is 12.5 Å². The number of anilines is 2. The molecule has 21 heavy (non-hydrogen) atoms. The van der Waals surface area contributed by atoms with Crippen molar-refractivity contribution in [1.82, 2.24) is 0 Å². The zero-order chi connectivity index (χ0) is 15.2. The lowest BCUT2D eigenvalue weighted by Crippen LogP contribution is -2.35. The molecule has 0 bridgehead atoms. The number of likely N-dealkylation sites (N-methyl/N-ethyl adjacent to an activating group) is 1. The minimum Gasteiger partial charge on any atom is -0.376 e. The molecule has 2 rings (SSSR count). The largest absolute Gasteiger partial charge is 0.376 e. The van der Waals surface area contributed by atoms with Gasteiger partial charge in [-0.25, -0.2) is 0 Å². The summed E-state index contributed by atoms with van der Waals surface area (Å²) in [6.45, 7) is 4.83. The summed E-state index contributed by atoms with van der Waals surface area (Å²) in [4.78, 5) is 14.1. The van der Waals surface area contributed by atoms with E-state index in [9.17, 15) is 4.79 Å². The Hall–Kier alpha value is -2.00. The molecule has 2 aromatic carbocycles. The van der Waals surface area contributed by atoms with Crippen LogP contribution in [0.4, 0.5) is 11.4 Å². The smallest absolute Gasteiger partial charge is 0.246 e. The molecule has 110 valence electrons. The third-order valence-electron chi connectivity index (χ3n) is 3.30. The number of hydrogen-bond acceptors (Lipinski definition) is 2. The highest BCUT2D eigenvalue weighted by atomic mass is 35.5. The van der Waals surface area contributed by atoms with Crippen LogP contribution in [0.25, 0.3) is 0 Å². The summed E-state index contributed by atoms with van der Waals surface area (Å²) in [6.07, 6.45) is 0. The van der Waals surface area contributed by atoms with Gasteiger partial charge >= 0.3 is 0 Å². The van der Waals surface area contributed by atoms with Gasteiger partial charge in [0.1, 0.15) is 0 Å². The number of nitrogens with zero attached hydrogens (tertiary/aromatic N) is 1. The molecule has 2 aromatic rings. The quantitative estimate of drug-likeness (QED) is 0.901. The first-order valence-electron chi connectivity index (χ1n) is 6.97. The molecule has 1 amide bonds. The number of halogens is 1. The standard InChI is InChI=1S/C17H19ClN2O/c1-3-20(15-7-5-4-6-8-15)17(21)12-19-16-10-9-14(18)11-13(16)2/h4-11,19H,3,12H2,1-2H3. The predicted octanol–water partition coefficient (Wildman–Crippen LogP) is 4.11. The first-order valence-corrected chi connectivity index (χ1v) is 7.35. The van der Waals surface area contributed by atoms with Crippen molar-refractivity contribution in [3.05, 3.63) is 59.1 Å². The van der Waals surface area contributed by atoms with Gasteiger partial charge in [-0.15, -0.1) is 0 Å². The van der Waals surface area contributed by atoms with E-state index in [2.05, 4.69) is 5.32 Å². The lowest BCUT2D eigenvalue weighted by atomic mass is 10.2. The normalized spacial score (nSPS) is 10.2. The van der Waals surface area contributed by atoms with Crippen molar-refractivity contribution in [1.29, 1.82) is 0 Å². The van der Waals surface area contributed by atoms with Gasteiger partial charge in [-0.05, 0) is 49.7 Å². The summed E-state index contributed by atoms with van der Waals surface area (Å²) in [5.41, 5.74) is 2.87. The second-order valence-corrected chi connectivity index (χ2v) is 5.22. The molecule has 0 saturated heterocycles. The van der Waals surface area contributed by atoms with E-state index in [0.717, 1.165) is 16.9 Å². The Morgan fingerprint density at radius 1 is 1.19 bits per heavy atom. The zero-order valence-electron chi connectivity index (χ0n) is 12.3. The fourth-order valence-corrected chi connectivity index (χ4v) is 2.43. The fraction of sp³-hybridized carbons (Fsp3) is 0.235. The van der Waals surface area contributed by atoms with Gasteiger partial charge in [0.05, 0.1) is 6.54 Å². The van der Waals surface area contributed by atoms with E-state index in [1.807, 2.05) is 62.4 Å². The van der Waals surface area contributed by atoms with Crippen LogP contribution in [0.3, 0.4) is 0 Å². The number of nitrogens with one attached hydrogen (secondary N) is 1. The summed E-state index contributed by atoms with van der Waals surface area (Å²) < 4.78 is 0. The van der Waals surface area contributed by atoms with Gasteiger partial charge in [0.15, 0.2) is 0 Å². The van der Waals surface area contributed by atoms with Crippen LogP contribution in [0.15, 0.2) is 48.5 Å². The van der Waals surface area contributed by atoms with E-state index in [1.54, 1.807) is 4.90 Å². The van der Waals surface area contributed by atoms with Crippen molar-refractivity contribution in [2.75, 3.05) is 23.3 Å². The van der Waals surface area contributed by atoms with Crippen LogP contribution in [-0.2, 0) is 4.79 Å². The molecule has 0 aliphatic carbocycles. The lowest BCUT2D eigenvalue weighted by molar-refractivity contribution is -0.116. The van der Waals surface area contributed by atoms with Gasteiger partial charge < -0.3 is 10.2 Å². The van der Waals surface area contributed by atoms with E-state index < -0.39 is 0 Å². The van der Waals surface area contributed by atoms with Gasteiger partial charge in [-0.3, -0.25) is 4.79 Å². The number of carbonyl (C=O) groups excluding carboxylic acids is 1. The van der Waals surface area contributed by atoms with Crippen LogP contribution in [0.5, 0.6) is 0 Å². The number of benzene rings is 2. The summed E-state index contributed by atoms with van der Waals surface area (Å²) in [5, 5.41) is 3.87. The van der Waals surface area contributed by atoms with Crippen molar-refractivity contribution >= 4 is 28.9 Å². The van der Waals surface area contributed by atoms with E-state index in [0.29, 0.717) is 11.6 Å². The van der Waals surface area contributed by atoms with E-state index in [4.69, 9.17) is 11.6 Å². The lowest BCUT2D eigenvalue weighted by Gasteiger charge is -2.21. The van der Waals surface area contributed by atoms with Gasteiger partial charge in [-0.2, -0.15) is 0 Å². The first kappa shape index (κ1) is 15.4.